The number of aromatic nitrogens is 1. The minimum atomic E-state index is -0.468. The van der Waals surface area contributed by atoms with Crippen LogP contribution < -0.4 is 0 Å². The Morgan fingerprint density at radius 1 is 1.04 bits per heavy atom. The van der Waals surface area contributed by atoms with Crippen LogP contribution in [0, 0.1) is 0 Å². The van der Waals surface area contributed by atoms with Crippen molar-refractivity contribution in [1.82, 2.24) is 9.88 Å². The molecule has 0 unspecified atom stereocenters. The zero-order valence-corrected chi connectivity index (χ0v) is 17.2. The minimum Gasteiger partial charge on any atom is -0.465 e. The number of hydrogen-bond acceptors (Lipinski definition) is 5. The third kappa shape index (κ3) is 4.90. The first-order valence-corrected chi connectivity index (χ1v) is 9.86. The molecule has 5 nitrogen and oxygen atoms in total. The first kappa shape index (κ1) is 20.3. The van der Waals surface area contributed by atoms with Gasteiger partial charge in [0.15, 0.2) is 0 Å². The number of methoxy groups -OCH3 is 1. The molecule has 0 fully saturated rings. The van der Waals surface area contributed by atoms with Crippen LogP contribution in [0.15, 0.2) is 54.7 Å². The maximum absolute atomic E-state index is 13.1. The number of thiophene rings is 1. The van der Waals surface area contributed by atoms with E-state index < -0.39 is 5.97 Å². The van der Waals surface area contributed by atoms with E-state index in [1.807, 2.05) is 24.3 Å². The molecule has 0 aliphatic rings. The van der Waals surface area contributed by atoms with Gasteiger partial charge in [-0.2, -0.15) is 0 Å². The lowest BCUT2D eigenvalue weighted by Gasteiger charge is -2.22. The Hall–Kier alpha value is -2.41. The SMILES string of the molecule is COC(=O)c1ccc(C(=O)N(Cc2ccc(Cl)c(Cl)c2)Cc2ccccn2)s1. The van der Waals surface area contributed by atoms with Crippen molar-refractivity contribution in [2.75, 3.05) is 7.11 Å². The van der Waals surface area contributed by atoms with E-state index in [0.29, 0.717) is 32.9 Å². The molecule has 0 aliphatic carbocycles. The van der Waals surface area contributed by atoms with Gasteiger partial charge in [0.1, 0.15) is 4.88 Å². The lowest BCUT2D eigenvalue weighted by Crippen LogP contribution is -2.30. The molecule has 8 heteroatoms. The van der Waals surface area contributed by atoms with Crippen molar-refractivity contribution in [2.24, 2.45) is 0 Å². The Bertz CT molecular complexity index is 992. The number of nitrogens with zero attached hydrogens (tertiary/aromatic N) is 2. The number of amides is 1. The Labute approximate surface area is 176 Å². The smallest absolute Gasteiger partial charge is 0.348 e. The number of carbonyl (C=O) groups excluding carboxylic acids is 2. The number of ether oxygens (including phenoxy) is 1. The van der Waals surface area contributed by atoms with Crippen LogP contribution in [0.5, 0.6) is 0 Å². The Morgan fingerprint density at radius 3 is 2.50 bits per heavy atom. The van der Waals surface area contributed by atoms with Gasteiger partial charge in [0.25, 0.3) is 5.91 Å². The van der Waals surface area contributed by atoms with E-state index in [-0.39, 0.29) is 5.91 Å². The lowest BCUT2D eigenvalue weighted by molar-refractivity contribution is 0.0606. The van der Waals surface area contributed by atoms with Gasteiger partial charge in [-0.05, 0) is 42.0 Å². The highest BCUT2D eigenvalue weighted by molar-refractivity contribution is 7.15. The van der Waals surface area contributed by atoms with E-state index in [9.17, 15) is 9.59 Å². The third-order valence-electron chi connectivity index (χ3n) is 3.93. The molecule has 28 heavy (non-hydrogen) atoms. The van der Waals surface area contributed by atoms with Gasteiger partial charge in [0.2, 0.25) is 0 Å². The van der Waals surface area contributed by atoms with Gasteiger partial charge in [-0.15, -0.1) is 11.3 Å². The zero-order valence-electron chi connectivity index (χ0n) is 14.9. The predicted molar refractivity (Wildman–Crippen MR) is 110 cm³/mol. The van der Waals surface area contributed by atoms with Crippen molar-refractivity contribution in [3.8, 4) is 0 Å². The molecule has 1 aromatic carbocycles. The summed E-state index contributed by atoms with van der Waals surface area (Å²) in [7, 11) is 1.31. The van der Waals surface area contributed by atoms with Crippen LogP contribution in [0.2, 0.25) is 10.0 Å². The van der Waals surface area contributed by atoms with E-state index in [1.54, 1.807) is 35.4 Å². The summed E-state index contributed by atoms with van der Waals surface area (Å²) in [6.45, 7) is 0.628. The normalized spacial score (nSPS) is 10.5. The summed E-state index contributed by atoms with van der Waals surface area (Å²) < 4.78 is 4.71. The van der Waals surface area contributed by atoms with Gasteiger partial charge in [0, 0.05) is 12.7 Å². The Kier molecular flexibility index (Phi) is 6.67. The number of benzene rings is 1. The highest BCUT2D eigenvalue weighted by atomic mass is 35.5. The molecule has 3 aromatic rings. The van der Waals surface area contributed by atoms with Crippen LogP contribution in [-0.4, -0.2) is 28.9 Å². The second-order valence-electron chi connectivity index (χ2n) is 5.89. The summed E-state index contributed by atoms with van der Waals surface area (Å²) >= 11 is 13.2. The summed E-state index contributed by atoms with van der Waals surface area (Å²) in [5, 5.41) is 0.877. The van der Waals surface area contributed by atoms with Crippen molar-refractivity contribution < 1.29 is 14.3 Å². The summed E-state index contributed by atoms with van der Waals surface area (Å²) in [6, 6.07) is 14.0. The third-order valence-corrected chi connectivity index (χ3v) is 5.72. The second kappa shape index (κ2) is 9.19. The van der Waals surface area contributed by atoms with E-state index in [1.165, 1.54) is 7.11 Å². The molecule has 0 atom stereocenters. The molecule has 2 aromatic heterocycles. The van der Waals surface area contributed by atoms with Crippen molar-refractivity contribution in [3.05, 3.63) is 85.8 Å². The van der Waals surface area contributed by atoms with Crippen LogP contribution in [0.4, 0.5) is 0 Å². The topological polar surface area (TPSA) is 59.5 Å². The fourth-order valence-electron chi connectivity index (χ4n) is 2.56. The quantitative estimate of drug-likeness (QED) is 0.507. The standard InChI is InChI=1S/C20H16Cl2N2O3S/c1-27-20(26)18-8-7-17(28-18)19(25)24(12-14-4-2-3-9-23-14)11-13-5-6-15(21)16(22)10-13/h2-10H,11-12H2,1H3. The van der Waals surface area contributed by atoms with Crippen LogP contribution in [0.3, 0.4) is 0 Å². The molecule has 0 aliphatic heterocycles. The maximum Gasteiger partial charge on any atom is 0.348 e. The van der Waals surface area contributed by atoms with Crippen molar-refractivity contribution in [3.63, 3.8) is 0 Å². The fourth-order valence-corrected chi connectivity index (χ4v) is 3.78. The minimum absolute atomic E-state index is 0.211. The molecule has 0 N–H and O–H groups in total. The molecular formula is C20H16Cl2N2O3S. The number of esters is 1. The maximum atomic E-state index is 13.1. The number of pyridine rings is 1. The van der Waals surface area contributed by atoms with Crippen LogP contribution in [0.1, 0.15) is 30.6 Å². The second-order valence-corrected chi connectivity index (χ2v) is 7.78. The van der Waals surface area contributed by atoms with Crippen LogP contribution >= 0.6 is 34.5 Å². The van der Waals surface area contributed by atoms with Crippen molar-refractivity contribution in [2.45, 2.75) is 13.1 Å². The van der Waals surface area contributed by atoms with Gasteiger partial charge in [-0.3, -0.25) is 9.78 Å². The summed E-state index contributed by atoms with van der Waals surface area (Å²) in [6.07, 6.45) is 1.68. The molecule has 1 amide bonds. The lowest BCUT2D eigenvalue weighted by atomic mass is 10.2. The van der Waals surface area contributed by atoms with Gasteiger partial charge in [-0.1, -0.05) is 35.3 Å². The van der Waals surface area contributed by atoms with E-state index in [2.05, 4.69) is 4.98 Å². The monoisotopic (exact) mass is 434 g/mol. The Balaban J connectivity index is 1.88. The predicted octanol–water partition coefficient (Wildman–Crippen LogP) is 5.08. The van der Waals surface area contributed by atoms with Crippen LogP contribution in [-0.2, 0) is 17.8 Å². The number of hydrogen-bond donors (Lipinski definition) is 0. The highest BCUT2D eigenvalue weighted by Gasteiger charge is 2.21. The molecule has 2 heterocycles. The van der Waals surface area contributed by atoms with Gasteiger partial charge >= 0.3 is 5.97 Å². The number of halogens is 2. The zero-order chi connectivity index (χ0) is 20.1. The van der Waals surface area contributed by atoms with E-state index in [4.69, 9.17) is 27.9 Å². The summed E-state index contributed by atoms with van der Waals surface area (Å²) in [4.78, 5) is 31.6. The molecule has 0 saturated heterocycles. The molecule has 3 rings (SSSR count). The van der Waals surface area contributed by atoms with Gasteiger partial charge < -0.3 is 9.64 Å². The number of rotatable bonds is 6. The molecular weight excluding hydrogens is 419 g/mol. The molecule has 144 valence electrons. The molecule has 0 spiro atoms. The molecule has 0 radical (unpaired) electrons. The molecule has 0 saturated carbocycles. The average molecular weight is 435 g/mol. The van der Waals surface area contributed by atoms with Crippen LogP contribution in [0.25, 0.3) is 0 Å². The first-order chi connectivity index (χ1) is 13.5. The summed E-state index contributed by atoms with van der Waals surface area (Å²) in [5.74, 6) is -0.679. The fraction of sp³-hybridized carbons (Fsp3) is 0.150. The van der Waals surface area contributed by atoms with E-state index in [0.717, 1.165) is 22.6 Å². The summed E-state index contributed by atoms with van der Waals surface area (Å²) in [5.41, 5.74) is 1.59. The highest BCUT2D eigenvalue weighted by Crippen LogP contribution is 2.25. The Morgan fingerprint density at radius 2 is 1.82 bits per heavy atom. The largest absolute Gasteiger partial charge is 0.465 e. The number of carbonyl (C=O) groups is 2. The van der Waals surface area contributed by atoms with E-state index >= 15 is 0 Å². The average Bonchev–Trinajstić information content (AvgIpc) is 3.20. The van der Waals surface area contributed by atoms with Crippen molar-refractivity contribution >= 4 is 46.4 Å². The van der Waals surface area contributed by atoms with Gasteiger partial charge in [0.05, 0.1) is 34.3 Å². The van der Waals surface area contributed by atoms with Gasteiger partial charge in [-0.25, -0.2) is 4.79 Å². The first-order valence-electron chi connectivity index (χ1n) is 8.29. The van der Waals surface area contributed by atoms with Crippen molar-refractivity contribution in [1.29, 1.82) is 0 Å². The molecule has 0 bridgehead atoms.